The minimum atomic E-state index is -0.245. The van der Waals surface area contributed by atoms with Crippen LogP contribution in [0.1, 0.15) is 57.4 Å². The van der Waals surface area contributed by atoms with Gasteiger partial charge in [0.2, 0.25) is 0 Å². The van der Waals surface area contributed by atoms with Gasteiger partial charge in [0, 0.05) is 26.3 Å². The Bertz CT molecular complexity index is 536. The first-order valence-electron chi connectivity index (χ1n) is 9.57. The fourth-order valence-electron chi connectivity index (χ4n) is 4.08. The van der Waals surface area contributed by atoms with Gasteiger partial charge in [0.1, 0.15) is 6.10 Å². The van der Waals surface area contributed by atoms with Crippen LogP contribution in [0.15, 0.2) is 12.4 Å². The second kappa shape index (κ2) is 8.15. The third-order valence-corrected chi connectivity index (χ3v) is 5.44. The summed E-state index contributed by atoms with van der Waals surface area (Å²) in [5.41, 5.74) is 1.27. The maximum atomic E-state index is 12.8. The van der Waals surface area contributed by atoms with Crippen molar-refractivity contribution in [1.29, 1.82) is 0 Å². The van der Waals surface area contributed by atoms with Crippen LogP contribution in [0.3, 0.4) is 0 Å². The summed E-state index contributed by atoms with van der Waals surface area (Å²) < 4.78 is 8.01. The molecule has 2 heterocycles. The van der Waals surface area contributed by atoms with Crippen LogP contribution in [0.25, 0.3) is 0 Å². The minimum Gasteiger partial charge on any atom is -0.365 e. The highest BCUT2D eigenvalue weighted by atomic mass is 16.5. The monoisotopic (exact) mass is 333 g/mol. The smallest absolute Gasteiger partial charge is 0.251 e. The molecule has 0 N–H and O–H groups in total. The Morgan fingerprint density at radius 3 is 2.79 bits per heavy atom. The van der Waals surface area contributed by atoms with Gasteiger partial charge in [-0.15, -0.1) is 0 Å². The van der Waals surface area contributed by atoms with Crippen LogP contribution in [-0.4, -0.2) is 45.9 Å². The maximum absolute atomic E-state index is 12.8. The van der Waals surface area contributed by atoms with Gasteiger partial charge in [-0.1, -0.05) is 26.2 Å². The number of carbonyl (C=O) groups excluding carboxylic acids is 1. The van der Waals surface area contributed by atoms with Crippen molar-refractivity contribution in [2.45, 2.75) is 70.5 Å². The molecule has 1 aliphatic heterocycles. The summed E-state index contributed by atoms with van der Waals surface area (Å²) in [6.07, 6.45) is 13.0. The normalized spacial score (nSPS) is 23.6. The summed E-state index contributed by atoms with van der Waals surface area (Å²) in [7, 11) is 1.95. The second-order valence-corrected chi connectivity index (χ2v) is 7.46. The van der Waals surface area contributed by atoms with Gasteiger partial charge in [0.05, 0.1) is 12.3 Å². The van der Waals surface area contributed by atoms with Crippen LogP contribution >= 0.6 is 0 Å². The number of rotatable bonds is 6. The van der Waals surface area contributed by atoms with Crippen molar-refractivity contribution in [3.8, 4) is 0 Å². The van der Waals surface area contributed by atoms with Gasteiger partial charge < -0.3 is 9.64 Å². The number of amides is 1. The lowest BCUT2D eigenvalue weighted by Gasteiger charge is -2.29. The van der Waals surface area contributed by atoms with Crippen LogP contribution in [0.5, 0.6) is 0 Å². The molecule has 3 rings (SSSR count). The number of hydrogen-bond acceptors (Lipinski definition) is 3. The lowest BCUT2D eigenvalue weighted by Crippen LogP contribution is -2.41. The molecule has 24 heavy (non-hydrogen) atoms. The predicted octanol–water partition coefficient (Wildman–Crippen LogP) is 2.94. The van der Waals surface area contributed by atoms with Crippen molar-refractivity contribution in [3.05, 3.63) is 18.0 Å². The third-order valence-electron chi connectivity index (χ3n) is 5.44. The Labute approximate surface area is 145 Å². The molecule has 1 aliphatic carbocycles. The zero-order valence-electron chi connectivity index (χ0n) is 15.1. The minimum absolute atomic E-state index is 0.205. The van der Waals surface area contributed by atoms with Crippen molar-refractivity contribution in [2.75, 3.05) is 13.1 Å². The van der Waals surface area contributed by atoms with Crippen molar-refractivity contribution < 1.29 is 9.53 Å². The molecule has 1 aromatic rings. The van der Waals surface area contributed by atoms with Gasteiger partial charge in [0.25, 0.3) is 5.91 Å². The number of aryl methyl sites for hydroxylation is 1. The molecule has 2 atom stereocenters. The number of nitrogens with zero attached hydrogens (tertiary/aromatic N) is 3. The highest BCUT2D eigenvalue weighted by Gasteiger charge is 2.32. The molecule has 0 spiro atoms. The Hall–Kier alpha value is -1.36. The van der Waals surface area contributed by atoms with Crippen LogP contribution in [0.2, 0.25) is 0 Å². The van der Waals surface area contributed by atoms with E-state index in [-0.39, 0.29) is 12.0 Å². The summed E-state index contributed by atoms with van der Waals surface area (Å²) >= 11 is 0. The van der Waals surface area contributed by atoms with Crippen LogP contribution in [0.4, 0.5) is 0 Å². The Kier molecular flexibility index (Phi) is 5.93. The molecule has 2 aliphatic rings. The fraction of sp³-hybridized carbons (Fsp3) is 0.789. The van der Waals surface area contributed by atoms with Crippen LogP contribution < -0.4 is 0 Å². The van der Waals surface area contributed by atoms with Gasteiger partial charge in [-0.05, 0) is 43.6 Å². The molecule has 134 valence electrons. The molecule has 2 fully saturated rings. The van der Waals surface area contributed by atoms with Gasteiger partial charge in [-0.2, -0.15) is 5.10 Å². The van der Waals surface area contributed by atoms with Gasteiger partial charge in [0.15, 0.2) is 0 Å². The Morgan fingerprint density at radius 1 is 1.33 bits per heavy atom. The van der Waals surface area contributed by atoms with Gasteiger partial charge >= 0.3 is 0 Å². The van der Waals surface area contributed by atoms with Crippen LogP contribution in [0, 0.1) is 5.92 Å². The summed E-state index contributed by atoms with van der Waals surface area (Å²) in [5.74, 6) is 0.752. The number of carbonyl (C=O) groups is 1. The SMILES string of the molecule is CC[C@@H](OC1CCCCC1)C(=O)N1CC[C@@H](Cc2cnn(C)c2)C1. The average molecular weight is 333 g/mol. The standard InChI is InChI=1S/C19H31N3O2/c1-3-18(24-17-7-5-4-6-8-17)19(23)22-10-9-15(14-22)11-16-12-20-21(2)13-16/h12-13,15,17-18H,3-11,14H2,1-2H3/t15-,18+/m0/s1. The highest BCUT2D eigenvalue weighted by molar-refractivity contribution is 5.81. The fourth-order valence-corrected chi connectivity index (χ4v) is 4.08. The van der Waals surface area contributed by atoms with E-state index in [0.29, 0.717) is 12.0 Å². The van der Waals surface area contributed by atoms with Gasteiger partial charge in [-0.3, -0.25) is 9.48 Å². The van der Waals surface area contributed by atoms with E-state index in [0.717, 1.165) is 45.2 Å². The van der Waals surface area contributed by atoms with E-state index in [1.54, 1.807) is 0 Å². The first-order chi connectivity index (χ1) is 11.7. The van der Waals surface area contributed by atoms with Crippen LogP contribution in [-0.2, 0) is 23.0 Å². The summed E-state index contributed by atoms with van der Waals surface area (Å²) in [6, 6.07) is 0. The molecule has 5 heteroatoms. The number of hydrogen-bond donors (Lipinski definition) is 0. The van der Waals surface area contributed by atoms with E-state index in [1.807, 2.05) is 22.8 Å². The molecule has 1 saturated carbocycles. The molecule has 1 aromatic heterocycles. The Morgan fingerprint density at radius 2 is 2.12 bits per heavy atom. The molecule has 1 saturated heterocycles. The quantitative estimate of drug-likeness (QED) is 0.804. The van der Waals surface area contributed by atoms with Crippen molar-refractivity contribution in [2.24, 2.45) is 13.0 Å². The largest absolute Gasteiger partial charge is 0.365 e. The molecule has 0 bridgehead atoms. The third kappa shape index (κ3) is 4.38. The summed E-state index contributed by atoms with van der Waals surface area (Å²) in [5, 5.41) is 4.24. The average Bonchev–Trinajstić information content (AvgIpc) is 3.22. The molecule has 0 radical (unpaired) electrons. The maximum Gasteiger partial charge on any atom is 0.251 e. The van der Waals surface area contributed by atoms with Crippen molar-refractivity contribution in [1.82, 2.24) is 14.7 Å². The van der Waals surface area contributed by atoms with E-state index in [2.05, 4.69) is 18.2 Å². The summed E-state index contributed by atoms with van der Waals surface area (Å²) in [6.45, 7) is 3.79. The summed E-state index contributed by atoms with van der Waals surface area (Å²) in [4.78, 5) is 14.9. The topological polar surface area (TPSA) is 47.4 Å². The molecular formula is C19H31N3O2. The van der Waals surface area contributed by atoms with Crippen molar-refractivity contribution >= 4 is 5.91 Å². The molecule has 1 amide bonds. The zero-order chi connectivity index (χ0) is 16.9. The van der Waals surface area contributed by atoms with E-state index < -0.39 is 0 Å². The van der Waals surface area contributed by atoms with E-state index >= 15 is 0 Å². The zero-order valence-corrected chi connectivity index (χ0v) is 15.1. The lowest BCUT2D eigenvalue weighted by molar-refractivity contribution is -0.148. The van der Waals surface area contributed by atoms with Gasteiger partial charge in [-0.25, -0.2) is 0 Å². The van der Waals surface area contributed by atoms with E-state index in [4.69, 9.17) is 4.74 Å². The molecule has 0 aromatic carbocycles. The second-order valence-electron chi connectivity index (χ2n) is 7.46. The van der Waals surface area contributed by atoms with Crippen molar-refractivity contribution in [3.63, 3.8) is 0 Å². The predicted molar refractivity (Wildman–Crippen MR) is 93.6 cm³/mol. The lowest BCUT2D eigenvalue weighted by atomic mass is 9.97. The first-order valence-corrected chi connectivity index (χ1v) is 9.57. The number of ether oxygens (including phenoxy) is 1. The Balaban J connectivity index is 1.50. The van der Waals surface area contributed by atoms with E-state index in [9.17, 15) is 4.79 Å². The molecule has 5 nitrogen and oxygen atoms in total. The highest BCUT2D eigenvalue weighted by Crippen LogP contribution is 2.25. The molecular weight excluding hydrogens is 302 g/mol. The van der Waals surface area contributed by atoms with E-state index in [1.165, 1.54) is 24.8 Å². The number of aromatic nitrogens is 2. The number of likely N-dealkylation sites (tertiary alicyclic amines) is 1. The first kappa shape index (κ1) is 17.5. The molecule has 0 unspecified atom stereocenters.